The van der Waals surface area contributed by atoms with E-state index >= 15 is 0 Å². The maximum atomic E-state index is 11.4. The van der Waals surface area contributed by atoms with Crippen LogP contribution in [0.15, 0.2) is 11.1 Å². The summed E-state index contributed by atoms with van der Waals surface area (Å²) in [5.74, 6) is 0.850. The van der Waals surface area contributed by atoms with Gasteiger partial charge in [-0.25, -0.2) is 4.98 Å². The summed E-state index contributed by atoms with van der Waals surface area (Å²) in [5.41, 5.74) is 5.17. The SMILES string of the molecule is CSCCn1cnc(Cl)c(N)c1=O. The molecule has 1 aromatic heterocycles. The van der Waals surface area contributed by atoms with Crippen molar-refractivity contribution in [2.24, 2.45) is 0 Å². The lowest BCUT2D eigenvalue weighted by atomic mass is 10.5. The maximum absolute atomic E-state index is 11.4. The lowest BCUT2D eigenvalue weighted by Crippen LogP contribution is -2.24. The van der Waals surface area contributed by atoms with E-state index in [1.807, 2.05) is 6.26 Å². The molecule has 0 fully saturated rings. The molecule has 0 saturated heterocycles. The summed E-state index contributed by atoms with van der Waals surface area (Å²) in [6, 6.07) is 0. The van der Waals surface area contributed by atoms with Crippen LogP contribution in [0.1, 0.15) is 0 Å². The van der Waals surface area contributed by atoms with Gasteiger partial charge in [-0.3, -0.25) is 9.36 Å². The first-order valence-corrected chi connectivity index (χ1v) is 5.43. The molecule has 1 rings (SSSR count). The number of halogens is 1. The third-order valence-electron chi connectivity index (χ3n) is 1.56. The zero-order chi connectivity index (χ0) is 9.84. The number of thioether (sulfide) groups is 1. The Kier molecular flexibility index (Phi) is 3.62. The fourth-order valence-electron chi connectivity index (χ4n) is 0.834. The first-order chi connectivity index (χ1) is 6.16. The molecule has 0 aromatic carbocycles. The zero-order valence-corrected chi connectivity index (χ0v) is 8.73. The second-order valence-electron chi connectivity index (χ2n) is 2.44. The Morgan fingerprint density at radius 3 is 3.08 bits per heavy atom. The second kappa shape index (κ2) is 4.53. The predicted octanol–water partition coefficient (Wildman–Crippen LogP) is 0.842. The Balaban J connectivity index is 2.97. The minimum Gasteiger partial charge on any atom is -0.392 e. The topological polar surface area (TPSA) is 60.9 Å². The van der Waals surface area contributed by atoms with Gasteiger partial charge in [-0.2, -0.15) is 11.8 Å². The number of nitrogens with zero attached hydrogens (tertiary/aromatic N) is 2. The highest BCUT2D eigenvalue weighted by Gasteiger charge is 2.04. The molecule has 4 nitrogen and oxygen atoms in total. The van der Waals surface area contributed by atoms with Crippen LogP contribution in [0.3, 0.4) is 0 Å². The number of nitrogen functional groups attached to an aromatic ring is 1. The summed E-state index contributed by atoms with van der Waals surface area (Å²) in [5, 5.41) is 0.0744. The molecule has 0 aliphatic heterocycles. The van der Waals surface area contributed by atoms with E-state index in [1.165, 1.54) is 10.9 Å². The van der Waals surface area contributed by atoms with Gasteiger partial charge in [0.25, 0.3) is 5.56 Å². The number of rotatable bonds is 3. The smallest absolute Gasteiger partial charge is 0.278 e. The molecule has 2 N–H and O–H groups in total. The molecule has 0 unspecified atom stereocenters. The summed E-state index contributed by atoms with van der Waals surface area (Å²) in [7, 11) is 0. The van der Waals surface area contributed by atoms with E-state index in [0.29, 0.717) is 6.54 Å². The Morgan fingerprint density at radius 1 is 1.77 bits per heavy atom. The number of anilines is 1. The van der Waals surface area contributed by atoms with Gasteiger partial charge < -0.3 is 5.73 Å². The van der Waals surface area contributed by atoms with Crippen molar-refractivity contribution in [2.75, 3.05) is 17.7 Å². The first-order valence-electron chi connectivity index (χ1n) is 3.66. The number of hydrogen-bond acceptors (Lipinski definition) is 4. The molecule has 72 valence electrons. The molecule has 0 saturated carbocycles. The van der Waals surface area contributed by atoms with Crippen molar-refractivity contribution in [2.45, 2.75) is 6.54 Å². The molecule has 0 atom stereocenters. The van der Waals surface area contributed by atoms with Crippen LogP contribution < -0.4 is 11.3 Å². The lowest BCUT2D eigenvalue weighted by molar-refractivity contribution is 0.717. The van der Waals surface area contributed by atoms with Gasteiger partial charge in [0, 0.05) is 12.3 Å². The summed E-state index contributed by atoms with van der Waals surface area (Å²) in [6.07, 6.45) is 3.38. The van der Waals surface area contributed by atoms with Crippen molar-refractivity contribution in [1.29, 1.82) is 0 Å². The molecule has 0 radical (unpaired) electrons. The fraction of sp³-hybridized carbons (Fsp3) is 0.429. The second-order valence-corrected chi connectivity index (χ2v) is 3.78. The molecule has 1 heterocycles. The Morgan fingerprint density at radius 2 is 2.46 bits per heavy atom. The summed E-state index contributed by atoms with van der Waals surface area (Å²) >= 11 is 7.22. The van der Waals surface area contributed by atoms with Crippen LogP contribution in [0, 0.1) is 0 Å². The van der Waals surface area contributed by atoms with Gasteiger partial charge in [-0.15, -0.1) is 0 Å². The molecule has 0 spiro atoms. The normalized spacial score (nSPS) is 10.3. The third-order valence-corrected chi connectivity index (χ3v) is 2.45. The molecular weight excluding hydrogens is 210 g/mol. The zero-order valence-electron chi connectivity index (χ0n) is 7.16. The predicted molar refractivity (Wildman–Crippen MR) is 56.3 cm³/mol. The molecule has 0 bridgehead atoms. The van der Waals surface area contributed by atoms with Crippen LogP contribution >= 0.6 is 23.4 Å². The highest BCUT2D eigenvalue weighted by atomic mass is 35.5. The van der Waals surface area contributed by atoms with Crippen LogP contribution in [-0.2, 0) is 6.54 Å². The van der Waals surface area contributed by atoms with Gasteiger partial charge in [-0.1, -0.05) is 11.6 Å². The van der Waals surface area contributed by atoms with Crippen molar-refractivity contribution < 1.29 is 0 Å². The molecule has 1 aromatic rings. The molecule has 0 amide bonds. The van der Waals surface area contributed by atoms with Crippen molar-refractivity contribution in [3.8, 4) is 0 Å². The van der Waals surface area contributed by atoms with Crippen molar-refractivity contribution in [3.63, 3.8) is 0 Å². The van der Waals surface area contributed by atoms with Gasteiger partial charge in [0.1, 0.15) is 5.69 Å². The van der Waals surface area contributed by atoms with E-state index < -0.39 is 0 Å². The molecular formula is C7H10ClN3OS. The maximum Gasteiger partial charge on any atom is 0.278 e. The van der Waals surface area contributed by atoms with E-state index in [9.17, 15) is 4.79 Å². The Bertz CT molecular complexity index is 352. The molecule has 0 aliphatic rings. The number of nitrogens with two attached hydrogens (primary N) is 1. The van der Waals surface area contributed by atoms with E-state index in [4.69, 9.17) is 17.3 Å². The highest BCUT2D eigenvalue weighted by molar-refractivity contribution is 7.98. The minimum atomic E-state index is -0.269. The monoisotopic (exact) mass is 219 g/mol. The van der Waals surface area contributed by atoms with Gasteiger partial charge in [-0.05, 0) is 6.26 Å². The fourth-order valence-corrected chi connectivity index (χ4v) is 1.34. The van der Waals surface area contributed by atoms with Crippen LogP contribution in [0.5, 0.6) is 0 Å². The van der Waals surface area contributed by atoms with E-state index in [-0.39, 0.29) is 16.4 Å². The van der Waals surface area contributed by atoms with Crippen molar-refractivity contribution >= 4 is 29.1 Å². The average molecular weight is 220 g/mol. The molecule has 13 heavy (non-hydrogen) atoms. The van der Waals surface area contributed by atoms with Gasteiger partial charge >= 0.3 is 0 Å². The quantitative estimate of drug-likeness (QED) is 0.766. The molecule has 0 aliphatic carbocycles. The summed E-state index contributed by atoms with van der Waals surface area (Å²) < 4.78 is 1.46. The Labute approximate surface area is 85.1 Å². The number of aryl methyl sites for hydroxylation is 1. The number of aromatic nitrogens is 2. The summed E-state index contributed by atoms with van der Waals surface area (Å²) in [6.45, 7) is 0.606. The van der Waals surface area contributed by atoms with Gasteiger partial charge in [0.05, 0.1) is 6.33 Å². The van der Waals surface area contributed by atoms with Gasteiger partial charge in [0.2, 0.25) is 0 Å². The first kappa shape index (κ1) is 10.4. The van der Waals surface area contributed by atoms with Gasteiger partial charge in [0.15, 0.2) is 5.15 Å². The number of hydrogen-bond donors (Lipinski definition) is 1. The average Bonchev–Trinajstić information content (AvgIpc) is 2.13. The van der Waals surface area contributed by atoms with E-state index in [2.05, 4.69) is 4.98 Å². The van der Waals surface area contributed by atoms with E-state index in [0.717, 1.165) is 5.75 Å². The third kappa shape index (κ3) is 2.38. The minimum absolute atomic E-state index is 0.0188. The van der Waals surface area contributed by atoms with Crippen LogP contribution in [0.25, 0.3) is 0 Å². The van der Waals surface area contributed by atoms with Crippen LogP contribution in [0.2, 0.25) is 5.15 Å². The van der Waals surface area contributed by atoms with Crippen molar-refractivity contribution in [1.82, 2.24) is 9.55 Å². The summed E-state index contributed by atoms with van der Waals surface area (Å²) in [4.78, 5) is 15.2. The highest BCUT2D eigenvalue weighted by Crippen LogP contribution is 2.08. The van der Waals surface area contributed by atoms with Crippen LogP contribution in [0.4, 0.5) is 5.69 Å². The van der Waals surface area contributed by atoms with E-state index in [1.54, 1.807) is 11.8 Å². The molecule has 6 heteroatoms. The largest absolute Gasteiger partial charge is 0.392 e. The lowest BCUT2D eigenvalue weighted by Gasteiger charge is -2.04. The Hall–Kier alpha value is -0.680. The van der Waals surface area contributed by atoms with Crippen LogP contribution in [-0.4, -0.2) is 21.6 Å². The van der Waals surface area contributed by atoms with Crippen molar-refractivity contribution in [3.05, 3.63) is 21.8 Å². The standard InChI is InChI=1S/C7H10ClN3OS/c1-13-3-2-11-4-10-6(8)5(9)7(11)12/h4H,2-3,9H2,1H3.